The van der Waals surface area contributed by atoms with Gasteiger partial charge >= 0.3 is 0 Å². The van der Waals surface area contributed by atoms with E-state index in [4.69, 9.17) is 19.9 Å². The SMILES string of the molecule is COCCOc1cc(-c2ccc(OCc3ccccc3)nc2)ccc1CN. The first-order valence-corrected chi connectivity index (χ1v) is 8.88. The zero-order valence-corrected chi connectivity index (χ0v) is 15.4. The summed E-state index contributed by atoms with van der Waals surface area (Å²) in [5.41, 5.74) is 9.88. The van der Waals surface area contributed by atoms with Crippen LogP contribution in [0.5, 0.6) is 11.6 Å². The molecule has 3 aromatic rings. The maximum Gasteiger partial charge on any atom is 0.213 e. The van der Waals surface area contributed by atoms with Crippen LogP contribution in [0.3, 0.4) is 0 Å². The molecular formula is C22H24N2O3. The van der Waals surface area contributed by atoms with Gasteiger partial charge in [0.25, 0.3) is 0 Å². The number of benzene rings is 2. The van der Waals surface area contributed by atoms with Gasteiger partial charge in [-0.1, -0.05) is 42.5 Å². The summed E-state index contributed by atoms with van der Waals surface area (Å²) in [4.78, 5) is 4.41. The molecule has 2 aromatic carbocycles. The van der Waals surface area contributed by atoms with Crippen molar-refractivity contribution >= 4 is 0 Å². The molecule has 0 aliphatic rings. The number of nitrogens with two attached hydrogens (primary N) is 1. The van der Waals surface area contributed by atoms with Gasteiger partial charge in [-0.05, 0) is 23.3 Å². The van der Waals surface area contributed by atoms with Crippen LogP contribution < -0.4 is 15.2 Å². The van der Waals surface area contributed by atoms with Crippen LogP contribution in [0.1, 0.15) is 11.1 Å². The van der Waals surface area contributed by atoms with Crippen LogP contribution in [0, 0.1) is 0 Å². The molecule has 0 saturated carbocycles. The maximum atomic E-state index is 5.80. The Bertz CT molecular complexity index is 836. The highest BCUT2D eigenvalue weighted by Crippen LogP contribution is 2.28. The summed E-state index contributed by atoms with van der Waals surface area (Å²) in [6.07, 6.45) is 1.80. The highest BCUT2D eigenvalue weighted by molar-refractivity contribution is 5.65. The Morgan fingerprint density at radius 2 is 1.70 bits per heavy atom. The van der Waals surface area contributed by atoms with Crippen molar-refractivity contribution in [3.05, 3.63) is 78.0 Å². The van der Waals surface area contributed by atoms with Gasteiger partial charge in [0.1, 0.15) is 19.0 Å². The number of rotatable bonds is 9. The standard InChI is InChI=1S/C22H24N2O3/c1-25-11-12-26-21-13-18(7-8-19(21)14-23)20-9-10-22(24-15-20)27-16-17-5-3-2-4-6-17/h2-10,13,15H,11-12,14,16,23H2,1H3. The molecule has 1 heterocycles. The molecular weight excluding hydrogens is 340 g/mol. The van der Waals surface area contributed by atoms with Crippen molar-refractivity contribution in [2.24, 2.45) is 5.73 Å². The molecule has 0 aliphatic heterocycles. The predicted octanol–water partition coefficient (Wildman–Crippen LogP) is 3.81. The van der Waals surface area contributed by atoms with Crippen molar-refractivity contribution in [3.8, 4) is 22.8 Å². The monoisotopic (exact) mass is 364 g/mol. The molecule has 27 heavy (non-hydrogen) atoms. The van der Waals surface area contributed by atoms with E-state index in [2.05, 4.69) is 4.98 Å². The Morgan fingerprint density at radius 3 is 2.41 bits per heavy atom. The van der Waals surface area contributed by atoms with Crippen LogP contribution in [0.15, 0.2) is 66.9 Å². The van der Waals surface area contributed by atoms with Crippen LogP contribution in [0.25, 0.3) is 11.1 Å². The van der Waals surface area contributed by atoms with E-state index < -0.39 is 0 Å². The molecule has 0 saturated heterocycles. The number of ether oxygens (including phenoxy) is 3. The number of hydrogen-bond acceptors (Lipinski definition) is 5. The summed E-state index contributed by atoms with van der Waals surface area (Å²) in [5, 5.41) is 0. The lowest BCUT2D eigenvalue weighted by atomic mass is 10.0. The molecule has 0 radical (unpaired) electrons. The van der Waals surface area contributed by atoms with Gasteiger partial charge < -0.3 is 19.9 Å². The Balaban J connectivity index is 1.69. The lowest BCUT2D eigenvalue weighted by Crippen LogP contribution is -2.07. The average molecular weight is 364 g/mol. The lowest BCUT2D eigenvalue weighted by Gasteiger charge is -2.12. The second-order valence-corrected chi connectivity index (χ2v) is 6.03. The Labute approximate surface area is 159 Å². The zero-order chi connectivity index (χ0) is 18.9. The van der Waals surface area contributed by atoms with Crippen molar-refractivity contribution in [2.45, 2.75) is 13.2 Å². The minimum atomic E-state index is 0.424. The van der Waals surface area contributed by atoms with Crippen molar-refractivity contribution in [3.63, 3.8) is 0 Å². The Kier molecular flexibility index (Phi) is 6.79. The molecule has 140 valence electrons. The zero-order valence-electron chi connectivity index (χ0n) is 15.4. The van der Waals surface area contributed by atoms with Crippen LogP contribution in [0.4, 0.5) is 0 Å². The first kappa shape index (κ1) is 18.9. The van der Waals surface area contributed by atoms with E-state index in [0.717, 1.165) is 28.0 Å². The van der Waals surface area contributed by atoms with Gasteiger partial charge in [0, 0.05) is 37.0 Å². The molecule has 1 aromatic heterocycles. The Hall–Kier alpha value is -2.89. The number of nitrogens with zero attached hydrogens (tertiary/aromatic N) is 1. The molecule has 5 heteroatoms. The second-order valence-electron chi connectivity index (χ2n) is 6.03. The van der Waals surface area contributed by atoms with E-state index in [0.29, 0.717) is 32.2 Å². The lowest BCUT2D eigenvalue weighted by molar-refractivity contribution is 0.146. The van der Waals surface area contributed by atoms with Crippen LogP contribution in [-0.4, -0.2) is 25.3 Å². The summed E-state index contributed by atoms with van der Waals surface area (Å²) in [7, 11) is 1.65. The number of pyridine rings is 1. The minimum Gasteiger partial charge on any atom is -0.491 e. The summed E-state index contributed by atoms with van der Waals surface area (Å²) >= 11 is 0. The molecule has 5 nitrogen and oxygen atoms in total. The van der Waals surface area contributed by atoms with Gasteiger partial charge in [-0.3, -0.25) is 0 Å². The van der Waals surface area contributed by atoms with Gasteiger partial charge in [-0.25, -0.2) is 4.98 Å². The van der Waals surface area contributed by atoms with Gasteiger partial charge in [0.15, 0.2) is 0 Å². The van der Waals surface area contributed by atoms with E-state index in [-0.39, 0.29) is 0 Å². The van der Waals surface area contributed by atoms with Crippen molar-refractivity contribution < 1.29 is 14.2 Å². The average Bonchev–Trinajstić information content (AvgIpc) is 2.73. The van der Waals surface area contributed by atoms with Crippen molar-refractivity contribution in [1.29, 1.82) is 0 Å². The second kappa shape index (κ2) is 9.71. The maximum absolute atomic E-state index is 5.80. The van der Waals surface area contributed by atoms with E-state index in [9.17, 15) is 0 Å². The summed E-state index contributed by atoms with van der Waals surface area (Å²) in [6.45, 7) is 1.93. The van der Waals surface area contributed by atoms with Gasteiger partial charge in [-0.2, -0.15) is 0 Å². The Morgan fingerprint density at radius 1 is 0.889 bits per heavy atom. The van der Waals surface area contributed by atoms with E-state index in [1.54, 1.807) is 13.3 Å². The van der Waals surface area contributed by atoms with Gasteiger partial charge in [0.05, 0.1) is 6.61 Å². The third kappa shape index (κ3) is 5.29. The number of methoxy groups -OCH3 is 1. The van der Waals surface area contributed by atoms with Crippen LogP contribution in [-0.2, 0) is 17.9 Å². The smallest absolute Gasteiger partial charge is 0.213 e. The molecule has 0 amide bonds. The quantitative estimate of drug-likeness (QED) is 0.585. The number of aromatic nitrogens is 1. The molecule has 0 unspecified atom stereocenters. The molecule has 0 fully saturated rings. The van der Waals surface area contributed by atoms with E-state index >= 15 is 0 Å². The summed E-state index contributed by atoms with van der Waals surface area (Å²) in [5.74, 6) is 1.37. The molecule has 3 rings (SSSR count). The van der Waals surface area contributed by atoms with Gasteiger partial charge in [-0.15, -0.1) is 0 Å². The predicted molar refractivity (Wildman–Crippen MR) is 106 cm³/mol. The minimum absolute atomic E-state index is 0.424. The highest BCUT2D eigenvalue weighted by Gasteiger charge is 2.07. The summed E-state index contributed by atoms with van der Waals surface area (Å²) in [6, 6.07) is 19.9. The first-order chi connectivity index (χ1) is 13.3. The van der Waals surface area contributed by atoms with Crippen molar-refractivity contribution in [1.82, 2.24) is 4.98 Å². The molecule has 0 spiro atoms. The molecule has 2 N–H and O–H groups in total. The molecule has 0 bridgehead atoms. The summed E-state index contributed by atoms with van der Waals surface area (Å²) < 4.78 is 16.6. The first-order valence-electron chi connectivity index (χ1n) is 8.88. The van der Waals surface area contributed by atoms with E-state index in [1.807, 2.05) is 60.7 Å². The molecule has 0 atom stereocenters. The fraction of sp³-hybridized carbons (Fsp3) is 0.227. The third-order valence-electron chi connectivity index (χ3n) is 4.13. The number of hydrogen-bond donors (Lipinski definition) is 1. The normalized spacial score (nSPS) is 10.6. The fourth-order valence-corrected chi connectivity index (χ4v) is 2.64. The highest BCUT2D eigenvalue weighted by atomic mass is 16.5. The van der Waals surface area contributed by atoms with E-state index in [1.165, 1.54) is 0 Å². The fourth-order valence-electron chi connectivity index (χ4n) is 2.64. The topological polar surface area (TPSA) is 66.6 Å². The van der Waals surface area contributed by atoms with Gasteiger partial charge in [0.2, 0.25) is 5.88 Å². The largest absolute Gasteiger partial charge is 0.491 e. The van der Waals surface area contributed by atoms with Crippen molar-refractivity contribution in [2.75, 3.05) is 20.3 Å². The molecule has 0 aliphatic carbocycles. The third-order valence-corrected chi connectivity index (χ3v) is 4.13. The van der Waals surface area contributed by atoms with Crippen LogP contribution in [0.2, 0.25) is 0 Å². The van der Waals surface area contributed by atoms with Crippen LogP contribution >= 0.6 is 0 Å².